The van der Waals surface area contributed by atoms with Gasteiger partial charge in [0.05, 0.1) is 29.0 Å². The van der Waals surface area contributed by atoms with Crippen LogP contribution in [-0.4, -0.2) is 39.9 Å². The van der Waals surface area contributed by atoms with Crippen molar-refractivity contribution in [3.05, 3.63) is 132 Å². The predicted molar refractivity (Wildman–Crippen MR) is 171 cm³/mol. The van der Waals surface area contributed by atoms with E-state index in [1.807, 2.05) is 95.6 Å². The van der Waals surface area contributed by atoms with Crippen molar-refractivity contribution < 1.29 is 14.3 Å². The van der Waals surface area contributed by atoms with Crippen molar-refractivity contribution >= 4 is 45.7 Å². The van der Waals surface area contributed by atoms with E-state index >= 15 is 0 Å². The summed E-state index contributed by atoms with van der Waals surface area (Å²) in [5, 5.41) is 6.25. The Labute approximate surface area is 253 Å². The molecule has 0 saturated carbocycles. The van der Waals surface area contributed by atoms with E-state index in [1.165, 1.54) is 11.3 Å². The van der Waals surface area contributed by atoms with Crippen LogP contribution in [0.3, 0.4) is 0 Å². The number of rotatable bonds is 11. The highest BCUT2D eigenvalue weighted by Crippen LogP contribution is 2.30. The van der Waals surface area contributed by atoms with E-state index in [0.717, 1.165) is 27.2 Å². The number of ether oxygens (including phenoxy) is 1. The largest absolute Gasteiger partial charge is 0.378 e. The molecule has 0 spiro atoms. The number of methoxy groups -OCH3 is 1. The fourth-order valence-corrected chi connectivity index (χ4v) is 5.78. The molecular weight excluding hydrogens is 558 g/mol. The number of aromatic nitrogens is 3. The van der Waals surface area contributed by atoms with E-state index in [1.54, 1.807) is 31.6 Å². The molecule has 0 aliphatic rings. The van der Waals surface area contributed by atoms with E-state index in [-0.39, 0.29) is 24.3 Å². The second kappa shape index (κ2) is 12.8. The van der Waals surface area contributed by atoms with Crippen molar-refractivity contribution in [2.75, 3.05) is 24.3 Å². The van der Waals surface area contributed by atoms with Gasteiger partial charge < -0.3 is 14.6 Å². The Morgan fingerprint density at radius 1 is 0.907 bits per heavy atom. The zero-order chi connectivity index (χ0) is 29.6. The molecule has 6 aromatic rings. The normalized spacial score (nSPS) is 11.7. The maximum absolute atomic E-state index is 13.4. The summed E-state index contributed by atoms with van der Waals surface area (Å²) in [6.45, 7) is 0.580. The third-order valence-electron chi connectivity index (χ3n) is 7.12. The van der Waals surface area contributed by atoms with Crippen molar-refractivity contribution in [2.45, 2.75) is 12.6 Å². The summed E-state index contributed by atoms with van der Waals surface area (Å²) in [7, 11) is 1.67. The number of carbonyl (C=O) groups is 2. The molecule has 9 heteroatoms. The van der Waals surface area contributed by atoms with Gasteiger partial charge in [-0.05, 0) is 53.6 Å². The number of benzene rings is 3. The third-order valence-corrected chi connectivity index (χ3v) is 8.25. The minimum Gasteiger partial charge on any atom is -0.378 e. The SMILES string of the molecule is CO[C@H](Cn1c(NC(=O)c2ccc(-c3ccncc3)s2)nc2cc(NCC(=O)c3ccccc3)ccc21)c1ccccc1. The van der Waals surface area contributed by atoms with Gasteiger partial charge in [-0.15, -0.1) is 11.3 Å². The molecule has 3 heterocycles. The van der Waals surface area contributed by atoms with Crippen LogP contribution >= 0.6 is 11.3 Å². The fourth-order valence-electron chi connectivity index (χ4n) is 4.87. The van der Waals surface area contributed by atoms with E-state index in [9.17, 15) is 9.59 Å². The molecule has 3 aromatic carbocycles. The predicted octanol–water partition coefficient (Wildman–Crippen LogP) is 7.09. The molecule has 0 fully saturated rings. The number of hydrogen-bond acceptors (Lipinski definition) is 7. The van der Waals surface area contributed by atoms with Crippen molar-refractivity contribution in [3.8, 4) is 10.4 Å². The number of fused-ring (bicyclic) bond motifs is 1. The quantitative estimate of drug-likeness (QED) is 0.157. The highest BCUT2D eigenvalue weighted by atomic mass is 32.1. The monoisotopic (exact) mass is 587 g/mol. The first kappa shape index (κ1) is 28.0. The molecular formula is C34H29N5O3S. The van der Waals surface area contributed by atoms with E-state index in [0.29, 0.717) is 28.5 Å². The molecule has 0 radical (unpaired) electrons. The Morgan fingerprint density at radius 2 is 1.65 bits per heavy atom. The highest BCUT2D eigenvalue weighted by Gasteiger charge is 2.20. The number of ketones is 1. The average Bonchev–Trinajstić information content (AvgIpc) is 3.69. The molecule has 2 N–H and O–H groups in total. The summed E-state index contributed by atoms with van der Waals surface area (Å²) < 4.78 is 7.84. The first-order valence-corrected chi connectivity index (χ1v) is 14.6. The maximum atomic E-state index is 13.4. The van der Waals surface area contributed by atoms with E-state index in [4.69, 9.17) is 9.72 Å². The smallest absolute Gasteiger partial charge is 0.268 e. The van der Waals surface area contributed by atoms with E-state index in [2.05, 4.69) is 15.6 Å². The van der Waals surface area contributed by atoms with Crippen LogP contribution < -0.4 is 10.6 Å². The highest BCUT2D eigenvalue weighted by molar-refractivity contribution is 7.17. The number of thiophene rings is 1. The van der Waals surface area contributed by atoms with Crippen LogP contribution in [0.1, 0.15) is 31.7 Å². The Morgan fingerprint density at radius 3 is 2.40 bits per heavy atom. The second-order valence-electron chi connectivity index (χ2n) is 9.88. The number of imidazole rings is 1. The standard InChI is InChI=1S/C34H29N5O3S/c1-42-30(24-10-6-3-7-11-24)22-39-28-13-12-26(36-21-29(40)23-8-4-2-5-9-23)20-27(28)37-34(39)38-33(41)32-15-14-31(43-32)25-16-18-35-19-17-25/h2-20,30,36H,21-22H2,1H3,(H,37,38,41)/t30-/m1/s1. The van der Waals surface area contributed by atoms with Gasteiger partial charge in [0.15, 0.2) is 5.78 Å². The number of hydrogen-bond donors (Lipinski definition) is 2. The lowest BCUT2D eigenvalue weighted by Gasteiger charge is -2.19. The van der Waals surface area contributed by atoms with Gasteiger partial charge in [0, 0.05) is 35.6 Å². The topological polar surface area (TPSA) is 98.1 Å². The van der Waals surface area contributed by atoms with Gasteiger partial charge in [-0.3, -0.25) is 19.9 Å². The van der Waals surface area contributed by atoms with Crippen molar-refractivity contribution in [2.24, 2.45) is 0 Å². The number of carbonyl (C=O) groups excluding carboxylic acids is 2. The van der Waals surface area contributed by atoms with Gasteiger partial charge in [-0.25, -0.2) is 4.98 Å². The Bertz CT molecular complexity index is 1850. The van der Waals surface area contributed by atoms with Gasteiger partial charge in [0.2, 0.25) is 5.95 Å². The number of nitrogens with zero attached hydrogens (tertiary/aromatic N) is 3. The van der Waals surface area contributed by atoms with E-state index < -0.39 is 0 Å². The lowest BCUT2D eigenvalue weighted by atomic mass is 10.1. The average molecular weight is 588 g/mol. The summed E-state index contributed by atoms with van der Waals surface area (Å²) in [6.07, 6.45) is 3.20. The summed E-state index contributed by atoms with van der Waals surface area (Å²) >= 11 is 1.41. The van der Waals surface area contributed by atoms with Gasteiger partial charge in [0.25, 0.3) is 5.91 Å². The van der Waals surface area contributed by atoms with Gasteiger partial charge >= 0.3 is 0 Å². The van der Waals surface area contributed by atoms with Crippen LogP contribution in [0.5, 0.6) is 0 Å². The third kappa shape index (κ3) is 6.38. The molecule has 8 nitrogen and oxygen atoms in total. The van der Waals surface area contributed by atoms with Crippen LogP contribution in [0.25, 0.3) is 21.5 Å². The number of pyridine rings is 1. The summed E-state index contributed by atoms with van der Waals surface area (Å²) in [5.74, 6) is 0.156. The van der Waals surface area contributed by atoms with Crippen LogP contribution in [0.15, 0.2) is 116 Å². The minimum absolute atomic E-state index is 0.00735. The van der Waals surface area contributed by atoms with Crippen LogP contribution in [0.2, 0.25) is 0 Å². The number of nitrogens with one attached hydrogen (secondary N) is 2. The zero-order valence-corrected chi connectivity index (χ0v) is 24.3. The van der Waals surface area contributed by atoms with Crippen LogP contribution in [0, 0.1) is 0 Å². The minimum atomic E-state index is -0.268. The van der Waals surface area contributed by atoms with Crippen molar-refractivity contribution in [1.82, 2.24) is 14.5 Å². The van der Waals surface area contributed by atoms with Crippen LogP contribution in [-0.2, 0) is 11.3 Å². The van der Waals surface area contributed by atoms with Crippen LogP contribution in [0.4, 0.5) is 11.6 Å². The fraction of sp³-hybridized carbons (Fsp3) is 0.118. The maximum Gasteiger partial charge on any atom is 0.268 e. The molecule has 3 aromatic heterocycles. The molecule has 0 aliphatic carbocycles. The second-order valence-corrected chi connectivity index (χ2v) is 11.0. The van der Waals surface area contributed by atoms with Gasteiger partial charge in [-0.1, -0.05) is 60.7 Å². The molecule has 214 valence electrons. The Balaban J connectivity index is 1.29. The van der Waals surface area contributed by atoms with Gasteiger partial charge in [-0.2, -0.15) is 0 Å². The van der Waals surface area contributed by atoms with Crippen molar-refractivity contribution in [3.63, 3.8) is 0 Å². The molecule has 6 rings (SSSR count). The summed E-state index contributed by atoms with van der Waals surface area (Å²) in [6, 6.07) is 32.5. The zero-order valence-electron chi connectivity index (χ0n) is 23.4. The first-order chi connectivity index (χ1) is 21.1. The first-order valence-electron chi connectivity index (χ1n) is 13.8. The molecule has 0 bridgehead atoms. The Kier molecular flexibility index (Phi) is 8.35. The molecule has 0 saturated heterocycles. The lowest BCUT2D eigenvalue weighted by molar-refractivity contribution is 0.0890. The number of amides is 1. The molecule has 0 aliphatic heterocycles. The van der Waals surface area contributed by atoms with Crippen molar-refractivity contribution in [1.29, 1.82) is 0 Å². The molecule has 43 heavy (non-hydrogen) atoms. The molecule has 1 atom stereocenters. The molecule has 1 amide bonds. The molecule has 0 unspecified atom stereocenters. The number of anilines is 2. The summed E-state index contributed by atoms with van der Waals surface area (Å²) in [5.41, 5.74) is 4.93. The number of Topliss-reactive ketones (excluding diaryl/α,β-unsaturated/α-hetero) is 1. The Hall–Kier alpha value is -5.12. The summed E-state index contributed by atoms with van der Waals surface area (Å²) in [4.78, 5) is 36.5. The van der Waals surface area contributed by atoms with Gasteiger partial charge in [0.1, 0.15) is 6.10 Å². The lowest BCUT2D eigenvalue weighted by Crippen LogP contribution is -2.18.